The van der Waals surface area contributed by atoms with Gasteiger partial charge in [0.25, 0.3) is 0 Å². The predicted octanol–water partition coefficient (Wildman–Crippen LogP) is 4.26. The summed E-state index contributed by atoms with van der Waals surface area (Å²) in [4.78, 5) is 0. The molecule has 0 bridgehead atoms. The first kappa shape index (κ1) is 13.6. The lowest BCUT2D eigenvalue weighted by molar-refractivity contribution is 0.410. The Balaban J connectivity index is 2.17. The number of benzene rings is 1. The van der Waals surface area contributed by atoms with Crippen LogP contribution < -0.4 is 5.32 Å². The molecule has 0 saturated heterocycles. The summed E-state index contributed by atoms with van der Waals surface area (Å²) < 4.78 is 0. The highest BCUT2D eigenvalue weighted by Gasteiger charge is 2.44. The fourth-order valence-corrected chi connectivity index (χ4v) is 2.79. The summed E-state index contributed by atoms with van der Waals surface area (Å²) in [7, 11) is 0. The van der Waals surface area contributed by atoms with E-state index in [1.807, 2.05) is 0 Å². The maximum atomic E-state index is 3.74. The van der Waals surface area contributed by atoms with Gasteiger partial charge in [-0.2, -0.15) is 0 Å². The molecule has 100 valence electrons. The van der Waals surface area contributed by atoms with Crippen molar-refractivity contribution in [3.05, 3.63) is 35.4 Å². The molecule has 1 fully saturated rings. The molecule has 0 atom stereocenters. The smallest absolute Gasteiger partial charge is 0.0438 e. The van der Waals surface area contributed by atoms with Crippen molar-refractivity contribution in [3.8, 4) is 0 Å². The summed E-state index contributed by atoms with van der Waals surface area (Å²) in [5, 5.41) is 3.74. The summed E-state index contributed by atoms with van der Waals surface area (Å²) in [6.07, 6.45) is 3.72. The van der Waals surface area contributed by atoms with Gasteiger partial charge in [-0.1, -0.05) is 58.9 Å². The van der Waals surface area contributed by atoms with Gasteiger partial charge < -0.3 is 5.32 Å². The summed E-state index contributed by atoms with van der Waals surface area (Å²) in [6.45, 7) is 11.4. The van der Waals surface area contributed by atoms with Crippen molar-refractivity contribution >= 4 is 0 Å². The molecule has 1 aromatic rings. The molecule has 0 radical (unpaired) electrons. The Labute approximate surface area is 112 Å². The van der Waals surface area contributed by atoms with Crippen molar-refractivity contribution in [3.63, 3.8) is 0 Å². The van der Waals surface area contributed by atoms with Crippen LogP contribution >= 0.6 is 0 Å². The predicted molar refractivity (Wildman–Crippen MR) is 78.8 cm³/mol. The Morgan fingerprint density at radius 1 is 1.22 bits per heavy atom. The van der Waals surface area contributed by atoms with E-state index in [0.29, 0.717) is 11.5 Å². The van der Waals surface area contributed by atoms with Crippen LogP contribution in [-0.2, 0) is 12.0 Å². The van der Waals surface area contributed by atoms with Crippen LogP contribution in [0.15, 0.2) is 24.3 Å². The normalized spacial score (nSPS) is 18.1. The molecule has 1 aliphatic carbocycles. The lowest BCUT2D eigenvalue weighted by Gasteiger charge is -2.23. The number of nitrogens with one attached hydrogen (secondary N) is 1. The quantitative estimate of drug-likeness (QED) is 0.835. The van der Waals surface area contributed by atoms with E-state index in [0.717, 1.165) is 6.42 Å². The van der Waals surface area contributed by atoms with Gasteiger partial charge in [-0.15, -0.1) is 0 Å². The number of hydrogen-bond acceptors (Lipinski definition) is 1. The largest absolute Gasteiger partial charge is 0.305 e. The molecule has 0 spiro atoms. The second-order valence-corrected chi connectivity index (χ2v) is 7.32. The minimum Gasteiger partial charge on any atom is -0.305 e. The Kier molecular flexibility index (Phi) is 3.55. The molecule has 1 aromatic carbocycles. The third-order valence-corrected chi connectivity index (χ3v) is 3.53. The Morgan fingerprint density at radius 2 is 1.89 bits per heavy atom. The molecule has 1 aliphatic rings. The van der Waals surface area contributed by atoms with Crippen molar-refractivity contribution in [2.75, 3.05) is 0 Å². The highest BCUT2D eigenvalue weighted by molar-refractivity contribution is 5.34. The van der Waals surface area contributed by atoms with Crippen LogP contribution in [0.1, 0.15) is 58.6 Å². The van der Waals surface area contributed by atoms with Crippen LogP contribution in [0, 0.1) is 5.41 Å². The van der Waals surface area contributed by atoms with Gasteiger partial charge in [-0.25, -0.2) is 0 Å². The fraction of sp³-hybridized carbons (Fsp3) is 0.647. The lowest BCUT2D eigenvalue weighted by Crippen LogP contribution is -2.34. The second kappa shape index (κ2) is 4.70. The first-order chi connectivity index (χ1) is 8.31. The van der Waals surface area contributed by atoms with Crippen LogP contribution in [0.25, 0.3) is 0 Å². The molecule has 0 aromatic heterocycles. The van der Waals surface area contributed by atoms with Crippen molar-refractivity contribution in [2.45, 2.75) is 65.5 Å². The molecule has 1 saturated carbocycles. The molecule has 0 heterocycles. The average molecular weight is 245 g/mol. The van der Waals surface area contributed by atoms with Crippen LogP contribution in [0.4, 0.5) is 0 Å². The lowest BCUT2D eigenvalue weighted by atomic mass is 9.87. The summed E-state index contributed by atoms with van der Waals surface area (Å²) in [5.74, 6) is 0. The average Bonchev–Trinajstić information content (AvgIpc) is 2.95. The molecule has 18 heavy (non-hydrogen) atoms. The molecule has 2 rings (SSSR count). The molecule has 0 amide bonds. The van der Waals surface area contributed by atoms with Gasteiger partial charge in [0.15, 0.2) is 0 Å². The number of hydrogen-bond donors (Lipinski definition) is 1. The Hall–Kier alpha value is -0.820. The topological polar surface area (TPSA) is 12.0 Å². The van der Waals surface area contributed by atoms with E-state index in [9.17, 15) is 0 Å². The molecule has 0 aliphatic heterocycles. The third kappa shape index (κ3) is 3.35. The van der Waals surface area contributed by atoms with Gasteiger partial charge >= 0.3 is 0 Å². The van der Waals surface area contributed by atoms with Gasteiger partial charge in [-0.05, 0) is 35.8 Å². The molecule has 1 heteroatoms. The van der Waals surface area contributed by atoms with E-state index >= 15 is 0 Å². The summed E-state index contributed by atoms with van der Waals surface area (Å²) in [6, 6.07) is 9.74. The van der Waals surface area contributed by atoms with E-state index in [4.69, 9.17) is 0 Å². The van der Waals surface area contributed by atoms with Crippen molar-refractivity contribution in [1.82, 2.24) is 5.32 Å². The van der Waals surface area contributed by atoms with Gasteiger partial charge in [0.2, 0.25) is 0 Å². The van der Waals surface area contributed by atoms with Crippen LogP contribution in [0.5, 0.6) is 0 Å². The van der Waals surface area contributed by atoms with Crippen molar-refractivity contribution in [2.24, 2.45) is 5.41 Å². The minimum absolute atomic E-state index is 0.280. The van der Waals surface area contributed by atoms with E-state index in [-0.39, 0.29) is 5.54 Å². The zero-order valence-corrected chi connectivity index (χ0v) is 12.5. The second-order valence-electron chi connectivity index (χ2n) is 7.32. The van der Waals surface area contributed by atoms with E-state index in [1.165, 1.54) is 24.0 Å². The third-order valence-electron chi connectivity index (χ3n) is 3.53. The first-order valence-corrected chi connectivity index (χ1v) is 7.18. The highest BCUT2D eigenvalue weighted by Crippen LogP contribution is 2.46. The monoisotopic (exact) mass is 245 g/mol. The molecular formula is C17H27N. The van der Waals surface area contributed by atoms with Crippen molar-refractivity contribution in [1.29, 1.82) is 0 Å². The highest BCUT2D eigenvalue weighted by atomic mass is 15.0. The van der Waals surface area contributed by atoms with Gasteiger partial charge in [-0.3, -0.25) is 0 Å². The van der Waals surface area contributed by atoms with E-state index in [1.54, 1.807) is 0 Å². The SMILES string of the molecule is CC(C)NC1(c2cccc(CC(C)(C)C)c2)CC1. The van der Waals surface area contributed by atoms with E-state index in [2.05, 4.69) is 64.2 Å². The zero-order chi connectivity index (χ0) is 13.4. The van der Waals surface area contributed by atoms with Gasteiger partial charge in [0.05, 0.1) is 0 Å². The number of rotatable bonds is 4. The Morgan fingerprint density at radius 3 is 2.39 bits per heavy atom. The molecule has 1 nitrogen and oxygen atoms in total. The van der Waals surface area contributed by atoms with Gasteiger partial charge in [0.1, 0.15) is 0 Å². The fourth-order valence-electron chi connectivity index (χ4n) is 2.79. The van der Waals surface area contributed by atoms with Crippen molar-refractivity contribution < 1.29 is 0 Å². The molecule has 0 unspecified atom stereocenters. The maximum Gasteiger partial charge on any atom is 0.0438 e. The summed E-state index contributed by atoms with van der Waals surface area (Å²) >= 11 is 0. The van der Waals surface area contributed by atoms with Crippen LogP contribution in [0.2, 0.25) is 0 Å². The maximum absolute atomic E-state index is 3.74. The standard InChI is InChI=1S/C17H27N/c1-13(2)18-17(9-10-17)15-8-6-7-14(11-15)12-16(3,4)5/h6-8,11,13,18H,9-10,12H2,1-5H3. The zero-order valence-electron chi connectivity index (χ0n) is 12.5. The Bertz CT molecular complexity index is 408. The molecule has 1 N–H and O–H groups in total. The van der Waals surface area contributed by atoms with Crippen LogP contribution in [0.3, 0.4) is 0 Å². The molecular weight excluding hydrogens is 218 g/mol. The van der Waals surface area contributed by atoms with Gasteiger partial charge in [0, 0.05) is 11.6 Å². The first-order valence-electron chi connectivity index (χ1n) is 7.18. The summed E-state index contributed by atoms with van der Waals surface area (Å²) in [5.41, 5.74) is 3.60. The van der Waals surface area contributed by atoms with Crippen LogP contribution in [-0.4, -0.2) is 6.04 Å². The minimum atomic E-state index is 0.280. The van der Waals surface area contributed by atoms with E-state index < -0.39 is 0 Å².